The summed E-state index contributed by atoms with van der Waals surface area (Å²) < 4.78 is 24.9. The van der Waals surface area contributed by atoms with Crippen LogP contribution in [0, 0.1) is 19.7 Å². The van der Waals surface area contributed by atoms with Crippen LogP contribution in [0.4, 0.5) is 15.9 Å². The number of methoxy groups -OCH3 is 1. The van der Waals surface area contributed by atoms with Crippen LogP contribution >= 0.6 is 11.6 Å². The van der Waals surface area contributed by atoms with Crippen molar-refractivity contribution < 1.29 is 46.6 Å². The Kier molecular flexibility index (Phi) is 10.4. The van der Waals surface area contributed by atoms with Crippen LogP contribution in [-0.2, 0) is 32.7 Å². The molecule has 0 saturated carbocycles. The zero-order valence-corrected chi connectivity index (χ0v) is 21.0. The molecule has 9 heteroatoms. The first kappa shape index (κ1) is 25.7. The molecular weight excluding hydrogens is 496 g/mol. The maximum atomic E-state index is 13.4. The van der Waals surface area contributed by atoms with Gasteiger partial charge in [-0.2, -0.15) is 0 Å². The van der Waals surface area contributed by atoms with Gasteiger partial charge in [-0.05, 0) is 37.2 Å². The Balaban J connectivity index is 0.00000341. The standard InChI is InChI=1S/C22H24ClFN4O2.Y/c1-4-28(5-2)9-6-10-30-21-12-16-19(13-20(21)29-3)25-14-26-22(16)27-15-7-8-18(24)17(23)11-15;/h7-8,11-14H,1-2,4-6,9-10H2,3H3,(H,25,26,27);/q-2;. The molecule has 163 valence electrons. The number of aromatic nitrogens is 2. The van der Waals surface area contributed by atoms with Crippen molar-refractivity contribution in [3.05, 3.63) is 61.3 Å². The van der Waals surface area contributed by atoms with Crippen molar-refractivity contribution in [2.45, 2.75) is 6.42 Å². The van der Waals surface area contributed by atoms with Gasteiger partial charge >= 0.3 is 0 Å². The van der Waals surface area contributed by atoms with Crippen LogP contribution < -0.4 is 14.8 Å². The molecule has 0 amide bonds. The van der Waals surface area contributed by atoms with Gasteiger partial charge in [0.1, 0.15) is 18.0 Å². The van der Waals surface area contributed by atoms with Gasteiger partial charge in [0, 0.05) is 49.8 Å². The molecular formula is C22H24ClFN4O2Y-2. The topological polar surface area (TPSA) is 59.5 Å². The van der Waals surface area contributed by atoms with E-state index < -0.39 is 5.82 Å². The summed E-state index contributed by atoms with van der Waals surface area (Å²) in [4.78, 5) is 10.8. The fourth-order valence-corrected chi connectivity index (χ4v) is 3.13. The van der Waals surface area contributed by atoms with Gasteiger partial charge in [-0.3, -0.25) is 0 Å². The summed E-state index contributed by atoms with van der Waals surface area (Å²) in [5, 5.41) is 3.93. The summed E-state index contributed by atoms with van der Waals surface area (Å²) >= 11 is 5.88. The van der Waals surface area contributed by atoms with Crippen molar-refractivity contribution in [2.75, 3.05) is 38.7 Å². The zero-order chi connectivity index (χ0) is 21.5. The Bertz CT molecular complexity index is 1000. The fourth-order valence-electron chi connectivity index (χ4n) is 2.95. The maximum Gasteiger partial charge on any atom is 0.162 e. The van der Waals surface area contributed by atoms with Crippen LogP contribution in [0.15, 0.2) is 36.7 Å². The summed E-state index contributed by atoms with van der Waals surface area (Å²) in [5.74, 6) is 1.25. The van der Waals surface area contributed by atoms with E-state index in [4.69, 9.17) is 21.1 Å². The molecule has 2 aromatic carbocycles. The van der Waals surface area contributed by atoms with E-state index in [0.717, 1.165) is 18.4 Å². The van der Waals surface area contributed by atoms with Gasteiger partial charge in [-0.25, -0.2) is 14.4 Å². The van der Waals surface area contributed by atoms with E-state index in [2.05, 4.69) is 34.0 Å². The predicted molar refractivity (Wildman–Crippen MR) is 118 cm³/mol. The van der Waals surface area contributed by atoms with Crippen LogP contribution in [-0.4, -0.2) is 48.2 Å². The SMILES string of the molecule is [CH2-]CN(C[CH2-])CCCOc1cc2c(Nc3ccc(F)c(Cl)c3)ncnc2cc1OC.[Y]. The molecule has 0 aliphatic heterocycles. The number of nitrogens with zero attached hydrogens (tertiary/aromatic N) is 3. The third-order valence-corrected chi connectivity index (χ3v) is 4.90. The van der Waals surface area contributed by atoms with Gasteiger partial charge < -0.3 is 33.5 Å². The number of hydrogen-bond acceptors (Lipinski definition) is 6. The smallest absolute Gasteiger partial charge is 0.162 e. The predicted octanol–water partition coefficient (Wildman–Crippen LogP) is 4.91. The first-order valence-corrected chi connectivity index (χ1v) is 9.92. The van der Waals surface area contributed by atoms with Gasteiger partial charge in [0.2, 0.25) is 0 Å². The van der Waals surface area contributed by atoms with Crippen LogP contribution in [0.2, 0.25) is 5.02 Å². The van der Waals surface area contributed by atoms with Crippen molar-refractivity contribution in [3.63, 3.8) is 0 Å². The van der Waals surface area contributed by atoms with Gasteiger partial charge in [0.15, 0.2) is 11.5 Å². The molecule has 0 aliphatic rings. The number of ether oxygens (including phenoxy) is 2. The van der Waals surface area contributed by atoms with Crippen molar-refractivity contribution in [1.29, 1.82) is 0 Å². The Morgan fingerprint density at radius 2 is 1.90 bits per heavy atom. The molecule has 0 unspecified atom stereocenters. The number of halogens is 2. The first-order valence-electron chi connectivity index (χ1n) is 9.54. The normalized spacial score (nSPS) is 10.8. The number of anilines is 2. The van der Waals surface area contributed by atoms with Gasteiger partial charge in [-0.15, -0.1) is 13.1 Å². The fraction of sp³-hybridized carbons (Fsp3) is 0.273. The van der Waals surface area contributed by atoms with E-state index in [1.54, 1.807) is 19.2 Å². The zero-order valence-electron chi connectivity index (χ0n) is 17.4. The van der Waals surface area contributed by atoms with E-state index in [-0.39, 0.29) is 37.7 Å². The molecule has 1 heterocycles. The average molecular weight is 520 g/mol. The third-order valence-electron chi connectivity index (χ3n) is 4.61. The third kappa shape index (κ3) is 6.72. The second kappa shape index (κ2) is 12.5. The van der Waals surface area contributed by atoms with Crippen LogP contribution in [0.25, 0.3) is 10.9 Å². The minimum absolute atomic E-state index is 0. The number of benzene rings is 2. The summed E-state index contributed by atoms with van der Waals surface area (Å²) in [6, 6.07) is 8.03. The maximum absolute atomic E-state index is 13.4. The largest absolute Gasteiger partial charge is 0.493 e. The Labute approximate surface area is 212 Å². The average Bonchev–Trinajstić information content (AvgIpc) is 2.76. The number of nitrogens with one attached hydrogen (secondary N) is 1. The minimum Gasteiger partial charge on any atom is -0.493 e. The van der Waals surface area contributed by atoms with Crippen molar-refractivity contribution in [3.8, 4) is 11.5 Å². The van der Waals surface area contributed by atoms with E-state index in [1.165, 1.54) is 18.5 Å². The molecule has 0 spiro atoms. The summed E-state index contributed by atoms with van der Waals surface area (Å²) in [7, 11) is 1.59. The molecule has 6 nitrogen and oxygen atoms in total. The molecule has 1 radical (unpaired) electrons. The molecule has 3 aromatic rings. The van der Waals surface area contributed by atoms with E-state index in [1.807, 2.05) is 6.07 Å². The minimum atomic E-state index is -0.480. The molecule has 0 atom stereocenters. The van der Waals surface area contributed by atoms with Crippen LogP contribution in [0.5, 0.6) is 11.5 Å². The van der Waals surface area contributed by atoms with Gasteiger partial charge in [0.05, 0.1) is 24.3 Å². The Morgan fingerprint density at radius 1 is 1.13 bits per heavy atom. The number of fused-ring (bicyclic) bond motifs is 1. The van der Waals surface area contributed by atoms with Gasteiger partial charge in [0.25, 0.3) is 0 Å². The van der Waals surface area contributed by atoms with E-state index >= 15 is 0 Å². The summed E-state index contributed by atoms with van der Waals surface area (Å²) in [5.41, 5.74) is 1.30. The quantitative estimate of drug-likeness (QED) is 0.303. The molecule has 1 N–H and O–H groups in total. The molecule has 0 fully saturated rings. The van der Waals surface area contributed by atoms with Crippen molar-refractivity contribution in [2.24, 2.45) is 0 Å². The molecule has 0 saturated heterocycles. The second-order valence-electron chi connectivity index (χ2n) is 6.54. The number of hydrogen-bond donors (Lipinski definition) is 1. The molecule has 0 aliphatic carbocycles. The molecule has 0 bridgehead atoms. The Hall–Kier alpha value is -1.54. The molecule has 31 heavy (non-hydrogen) atoms. The van der Waals surface area contributed by atoms with E-state index in [0.29, 0.717) is 48.2 Å². The molecule has 3 rings (SSSR count). The Morgan fingerprint density at radius 3 is 2.58 bits per heavy atom. The van der Waals surface area contributed by atoms with Crippen molar-refractivity contribution >= 4 is 34.0 Å². The summed E-state index contributed by atoms with van der Waals surface area (Å²) in [6.45, 7) is 10.6. The van der Waals surface area contributed by atoms with E-state index in [9.17, 15) is 4.39 Å². The van der Waals surface area contributed by atoms with Crippen LogP contribution in [0.3, 0.4) is 0 Å². The summed E-state index contributed by atoms with van der Waals surface area (Å²) in [6.07, 6.45) is 2.28. The molecule has 1 aromatic heterocycles. The van der Waals surface area contributed by atoms with Gasteiger partial charge in [-0.1, -0.05) is 11.6 Å². The monoisotopic (exact) mass is 519 g/mol. The second-order valence-corrected chi connectivity index (χ2v) is 6.95. The first-order chi connectivity index (χ1) is 14.5. The number of rotatable bonds is 10. The van der Waals surface area contributed by atoms with Crippen LogP contribution in [0.1, 0.15) is 6.42 Å². The van der Waals surface area contributed by atoms with Crippen molar-refractivity contribution in [1.82, 2.24) is 14.9 Å².